The van der Waals surface area contributed by atoms with Crippen LogP contribution in [0.4, 0.5) is 5.69 Å². The second-order valence-corrected chi connectivity index (χ2v) is 7.26. The first-order valence-electron chi connectivity index (χ1n) is 6.91. The van der Waals surface area contributed by atoms with Crippen LogP contribution in [0.25, 0.3) is 11.3 Å². The van der Waals surface area contributed by atoms with Crippen LogP contribution < -0.4 is 10.1 Å². The van der Waals surface area contributed by atoms with Crippen LogP contribution in [-0.4, -0.2) is 21.4 Å². The highest BCUT2D eigenvalue weighted by Crippen LogP contribution is 2.40. The van der Waals surface area contributed by atoms with E-state index in [0.717, 1.165) is 15.7 Å². The Morgan fingerprint density at radius 2 is 2.04 bits per heavy atom. The molecule has 1 atom stereocenters. The Morgan fingerprint density at radius 1 is 1.21 bits per heavy atom. The molecule has 1 aromatic carbocycles. The average molecular weight is 470 g/mol. The highest BCUT2D eigenvalue weighted by molar-refractivity contribution is 9.13. The zero-order valence-electron chi connectivity index (χ0n) is 12.3. The number of rotatable bonds is 2. The summed E-state index contributed by atoms with van der Waals surface area (Å²) in [6.45, 7) is 0. The molecule has 0 radical (unpaired) electrons. The van der Waals surface area contributed by atoms with Gasteiger partial charge in [0.25, 0.3) is 0 Å². The molecule has 2 aromatic heterocycles. The smallest absolute Gasteiger partial charge is 0.247 e. The monoisotopic (exact) mass is 468 g/mol. The van der Waals surface area contributed by atoms with Crippen LogP contribution in [0.3, 0.4) is 0 Å². The number of halogens is 2. The molecule has 1 aliphatic rings. The molecule has 0 spiro atoms. The van der Waals surface area contributed by atoms with Crippen molar-refractivity contribution in [2.45, 2.75) is 11.4 Å². The molecule has 0 fully saturated rings. The van der Waals surface area contributed by atoms with Gasteiger partial charge in [0.15, 0.2) is 16.1 Å². The molecule has 3 heterocycles. The van der Waals surface area contributed by atoms with Gasteiger partial charge in [0.1, 0.15) is 0 Å². The summed E-state index contributed by atoms with van der Waals surface area (Å²) in [7, 11) is 0. The van der Waals surface area contributed by atoms with Gasteiger partial charge in [0, 0.05) is 17.3 Å². The van der Waals surface area contributed by atoms with Crippen LogP contribution in [0.1, 0.15) is 12.0 Å². The number of furan rings is 1. The number of anilines is 1. The Labute approximate surface area is 158 Å². The molecule has 4 rings (SSSR count). The molecule has 3 aromatic rings. The number of aromatic nitrogens is 3. The van der Waals surface area contributed by atoms with Crippen molar-refractivity contribution < 1.29 is 9.15 Å². The Balaban J connectivity index is 1.86. The zero-order valence-corrected chi connectivity index (χ0v) is 16.3. The van der Waals surface area contributed by atoms with Crippen LogP contribution in [-0.2, 0) is 0 Å². The summed E-state index contributed by atoms with van der Waals surface area (Å²) in [5.74, 6) is 1.03. The van der Waals surface area contributed by atoms with Crippen LogP contribution in [0, 0.1) is 0 Å². The topological polar surface area (TPSA) is 73.1 Å². The lowest BCUT2D eigenvalue weighted by Gasteiger charge is -2.16. The minimum atomic E-state index is -0.540. The summed E-state index contributed by atoms with van der Waals surface area (Å²) in [5, 5.41) is 12.3. The van der Waals surface area contributed by atoms with Crippen molar-refractivity contribution in [3.05, 3.63) is 45.2 Å². The third-order valence-corrected chi connectivity index (χ3v) is 5.69. The quantitative estimate of drug-likeness (QED) is 0.536. The molecule has 1 aliphatic heterocycles. The fraction of sp³-hybridized carbons (Fsp3) is 0.133. The molecule has 9 heteroatoms. The van der Waals surface area contributed by atoms with E-state index < -0.39 is 6.23 Å². The third kappa shape index (κ3) is 2.80. The van der Waals surface area contributed by atoms with Gasteiger partial charge in [-0.25, -0.2) is 0 Å². The van der Waals surface area contributed by atoms with E-state index in [4.69, 9.17) is 9.15 Å². The van der Waals surface area contributed by atoms with Crippen molar-refractivity contribution in [3.8, 4) is 17.1 Å². The third-order valence-electron chi connectivity index (χ3n) is 3.44. The van der Waals surface area contributed by atoms with Gasteiger partial charge in [-0.1, -0.05) is 30.0 Å². The molecule has 0 saturated heterocycles. The normalized spacial score (nSPS) is 15.7. The highest BCUT2D eigenvalue weighted by atomic mass is 79.9. The predicted molar refractivity (Wildman–Crippen MR) is 98.1 cm³/mol. The summed E-state index contributed by atoms with van der Waals surface area (Å²) in [6.07, 6.45) is 1.35. The Bertz CT molecular complexity index is 899. The maximum atomic E-state index is 6.06. The van der Waals surface area contributed by atoms with Gasteiger partial charge in [-0.2, -0.15) is 4.98 Å². The number of ether oxygens (including phenoxy) is 1. The van der Waals surface area contributed by atoms with E-state index in [2.05, 4.69) is 52.4 Å². The molecule has 1 N–H and O–H groups in total. The molecule has 6 nitrogen and oxygen atoms in total. The van der Waals surface area contributed by atoms with E-state index in [0.29, 0.717) is 27.2 Å². The van der Waals surface area contributed by atoms with Crippen LogP contribution in [0.5, 0.6) is 5.88 Å². The fourth-order valence-electron chi connectivity index (χ4n) is 2.35. The number of benzene rings is 1. The molecule has 0 saturated carbocycles. The minimum Gasteiger partial charge on any atom is -0.447 e. The molecule has 24 heavy (non-hydrogen) atoms. The number of hydrogen-bond donors (Lipinski definition) is 1. The van der Waals surface area contributed by atoms with E-state index in [9.17, 15) is 0 Å². The van der Waals surface area contributed by atoms with Crippen molar-refractivity contribution in [1.82, 2.24) is 15.2 Å². The van der Waals surface area contributed by atoms with E-state index in [1.165, 1.54) is 11.8 Å². The first-order valence-corrected chi connectivity index (χ1v) is 9.73. The lowest BCUT2D eigenvalue weighted by Crippen LogP contribution is -2.16. The van der Waals surface area contributed by atoms with Crippen molar-refractivity contribution in [1.29, 1.82) is 0 Å². The summed E-state index contributed by atoms with van der Waals surface area (Å²) in [6, 6.07) is 9.64. The predicted octanol–water partition coefficient (Wildman–Crippen LogP) is 4.88. The Kier molecular flexibility index (Phi) is 4.23. The van der Waals surface area contributed by atoms with E-state index in [1.54, 1.807) is 0 Å². The van der Waals surface area contributed by atoms with Gasteiger partial charge in [0.2, 0.25) is 17.3 Å². The SMILES string of the molecule is CSc1nnc2c(n1)OC(c1cc(Br)c(Br)o1)Nc1ccccc1-2. The maximum absolute atomic E-state index is 6.06. The highest BCUT2D eigenvalue weighted by Gasteiger charge is 2.28. The number of nitrogens with one attached hydrogen (secondary N) is 1. The standard InChI is InChI=1S/C15H10Br2N4O2S/c1-24-15-19-14-11(20-21-15)7-4-2-3-5-9(7)18-13(23-14)10-6-8(16)12(17)22-10/h2-6,13,18H,1H3. The van der Waals surface area contributed by atoms with Gasteiger partial charge in [0.05, 0.1) is 4.47 Å². The van der Waals surface area contributed by atoms with Crippen molar-refractivity contribution >= 4 is 49.3 Å². The van der Waals surface area contributed by atoms with Gasteiger partial charge in [-0.15, -0.1) is 10.2 Å². The second kappa shape index (κ2) is 6.38. The summed E-state index contributed by atoms with van der Waals surface area (Å²) in [5.41, 5.74) is 2.35. The van der Waals surface area contributed by atoms with Gasteiger partial charge in [-0.05, 0) is 44.2 Å². The van der Waals surface area contributed by atoms with E-state index >= 15 is 0 Å². The number of thioether (sulfide) groups is 1. The van der Waals surface area contributed by atoms with E-state index in [1.807, 2.05) is 36.6 Å². The number of nitrogens with zero attached hydrogens (tertiary/aromatic N) is 3. The van der Waals surface area contributed by atoms with Gasteiger partial charge >= 0.3 is 0 Å². The first-order chi connectivity index (χ1) is 11.7. The molecule has 0 bridgehead atoms. The van der Waals surface area contributed by atoms with Crippen LogP contribution >= 0.6 is 43.6 Å². The number of fused-ring (bicyclic) bond motifs is 3. The van der Waals surface area contributed by atoms with Gasteiger partial charge < -0.3 is 14.5 Å². The Hall–Kier alpha value is -1.58. The minimum absolute atomic E-state index is 0.417. The number of para-hydroxylation sites is 1. The summed E-state index contributed by atoms with van der Waals surface area (Å²) in [4.78, 5) is 4.46. The van der Waals surface area contributed by atoms with Crippen molar-refractivity contribution in [2.24, 2.45) is 0 Å². The van der Waals surface area contributed by atoms with Crippen molar-refractivity contribution in [2.75, 3.05) is 11.6 Å². The zero-order chi connectivity index (χ0) is 16.7. The van der Waals surface area contributed by atoms with E-state index in [-0.39, 0.29) is 0 Å². The molecule has 122 valence electrons. The first kappa shape index (κ1) is 15.9. The molecular weight excluding hydrogens is 460 g/mol. The lowest BCUT2D eigenvalue weighted by molar-refractivity contribution is 0.194. The second-order valence-electron chi connectivity index (χ2n) is 4.91. The fourth-order valence-corrected chi connectivity index (χ4v) is 3.26. The van der Waals surface area contributed by atoms with Crippen LogP contribution in [0.15, 0.2) is 49.0 Å². The van der Waals surface area contributed by atoms with Crippen LogP contribution in [0.2, 0.25) is 0 Å². The molecule has 0 aliphatic carbocycles. The van der Waals surface area contributed by atoms with Crippen molar-refractivity contribution in [3.63, 3.8) is 0 Å². The largest absolute Gasteiger partial charge is 0.447 e. The Morgan fingerprint density at radius 3 is 2.79 bits per heavy atom. The van der Waals surface area contributed by atoms with Gasteiger partial charge in [-0.3, -0.25) is 0 Å². The average Bonchev–Trinajstić information content (AvgIpc) is 2.85. The lowest BCUT2D eigenvalue weighted by atomic mass is 10.1. The molecular formula is C15H10Br2N4O2S. The summed E-state index contributed by atoms with van der Waals surface area (Å²) >= 11 is 8.18. The maximum Gasteiger partial charge on any atom is 0.247 e. The molecule has 1 unspecified atom stereocenters. The number of hydrogen-bond acceptors (Lipinski definition) is 7. The molecule has 0 amide bonds. The summed E-state index contributed by atoms with van der Waals surface area (Å²) < 4.78 is 13.2.